The van der Waals surface area contributed by atoms with E-state index in [4.69, 9.17) is 5.26 Å². The monoisotopic (exact) mass is 254 g/mol. The molecule has 3 heteroatoms. The van der Waals surface area contributed by atoms with Crippen LogP contribution in [-0.2, 0) is 0 Å². The molecule has 76 valence electrons. The topological polar surface area (TPSA) is 27.0 Å². The van der Waals surface area contributed by atoms with Crippen LogP contribution in [0.2, 0.25) is 0 Å². The van der Waals surface area contributed by atoms with E-state index in [1.165, 1.54) is 17.3 Å². The van der Waals surface area contributed by atoms with Crippen molar-refractivity contribution in [3.05, 3.63) is 10.6 Å². The van der Waals surface area contributed by atoms with Gasteiger partial charge in [-0.3, -0.25) is 4.90 Å². The van der Waals surface area contributed by atoms with Crippen molar-refractivity contribution in [2.45, 2.75) is 25.7 Å². The van der Waals surface area contributed by atoms with Gasteiger partial charge in [0.1, 0.15) is 0 Å². The Morgan fingerprint density at radius 3 is 2.93 bits per heavy atom. The fraction of sp³-hybridized carbons (Fsp3) is 0.727. The third-order valence-electron chi connectivity index (χ3n) is 3.16. The normalized spacial score (nSPS) is 25.3. The SMILES string of the molecule is N#CCC1(CN2CCC=C(Br)C2)CC1. The summed E-state index contributed by atoms with van der Waals surface area (Å²) in [7, 11) is 0. The summed E-state index contributed by atoms with van der Waals surface area (Å²) >= 11 is 3.55. The predicted octanol–water partition coefficient (Wildman–Crippen LogP) is 2.66. The molecule has 0 aromatic rings. The van der Waals surface area contributed by atoms with Gasteiger partial charge in [0.15, 0.2) is 0 Å². The lowest BCUT2D eigenvalue weighted by Gasteiger charge is -2.28. The Morgan fingerprint density at radius 2 is 2.36 bits per heavy atom. The standard InChI is InChI=1S/C11H15BrN2/c12-10-2-1-7-14(8-10)9-11(3-4-11)5-6-13/h2H,1,3-5,7-9H2. The van der Waals surface area contributed by atoms with Gasteiger partial charge in [0, 0.05) is 30.5 Å². The average molecular weight is 255 g/mol. The average Bonchev–Trinajstić information content (AvgIpc) is 2.85. The van der Waals surface area contributed by atoms with E-state index in [2.05, 4.69) is 33.0 Å². The number of nitriles is 1. The fourth-order valence-electron chi connectivity index (χ4n) is 2.11. The Hall–Kier alpha value is -0.330. The summed E-state index contributed by atoms with van der Waals surface area (Å²) in [5.41, 5.74) is 0.360. The molecule has 0 N–H and O–H groups in total. The van der Waals surface area contributed by atoms with E-state index in [1.54, 1.807) is 0 Å². The highest BCUT2D eigenvalue weighted by Crippen LogP contribution is 2.49. The van der Waals surface area contributed by atoms with Crippen LogP contribution in [-0.4, -0.2) is 24.5 Å². The predicted molar refractivity (Wildman–Crippen MR) is 60.0 cm³/mol. The molecule has 2 aliphatic rings. The van der Waals surface area contributed by atoms with Gasteiger partial charge in [0.25, 0.3) is 0 Å². The van der Waals surface area contributed by atoms with Crippen molar-refractivity contribution in [3.63, 3.8) is 0 Å². The van der Waals surface area contributed by atoms with Gasteiger partial charge in [-0.1, -0.05) is 22.0 Å². The van der Waals surface area contributed by atoms with Crippen molar-refractivity contribution in [2.24, 2.45) is 5.41 Å². The van der Waals surface area contributed by atoms with Crippen LogP contribution in [0.1, 0.15) is 25.7 Å². The van der Waals surface area contributed by atoms with Crippen molar-refractivity contribution < 1.29 is 0 Å². The van der Waals surface area contributed by atoms with Gasteiger partial charge in [0.05, 0.1) is 6.07 Å². The zero-order chi connectivity index (χ0) is 10.0. The minimum absolute atomic E-state index is 0.360. The minimum Gasteiger partial charge on any atom is -0.298 e. The van der Waals surface area contributed by atoms with E-state index < -0.39 is 0 Å². The fourth-order valence-corrected chi connectivity index (χ4v) is 2.69. The van der Waals surface area contributed by atoms with Crippen molar-refractivity contribution in [1.29, 1.82) is 5.26 Å². The van der Waals surface area contributed by atoms with Gasteiger partial charge < -0.3 is 0 Å². The summed E-state index contributed by atoms with van der Waals surface area (Å²) in [5.74, 6) is 0. The second-order valence-corrected chi connectivity index (χ2v) is 5.50. The van der Waals surface area contributed by atoms with Crippen molar-refractivity contribution in [3.8, 4) is 6.07 Å². The quantitative estimate of drug-likeness (QED) is 0.775. The molecule has 0 unspecified atom stereocenters. The highest BCUT2D eigenvalue weighted by atomic mass is 79.9. The molecule has 0 radical (unpaired) electrons. The van der Waals surface area contributed by atoms with Crippen LogP contribution in [0.5, 0.6) is 0 Å². The third kappa shape index (κ3) is 2.37. The first kappa shape index (κ1) is 10.2. The molecule has 0 aromatic heterocycles. The summed E-state index contributed by atoms with van der Waals surface area (Å²) < 4.78 is 1.30. The zero-order valence-corrected chi connectivity index (χ0v) is 9.89. The van der Waals surface area contributed by atoms with E-state index in [9.17, 15) is 0 Å². The molecule has 0 amide bonds. The molecule has 0 atom stereocenters. The van der Waals surface area contributed by atoms with Crippen LogP contribution in [0.3, 0.4) is 0 Å². The molecule has 0 spiro atoms. The van der Waals surface area contributed by atoms with Crippen molar-refractivity contribution in [2.75, 3.05) is 19.6 Å². The van der Waals surface area contributed by atoms with Gasteiger partial charge in [-0.25, -0.2) is 0 Å². The lowest BCUT2D eigenvalue weighted by molar-refractivity contribution is 0.237. The van der Waals surface area contributed by atoms with Crippen LogP contribution in [0.15, 0.2) is 10.6 Å². The number of hydrogen-bond acceptors (Lipinski definition) is 2. The van der Waals surface area contributed by atoms with Crippen LogP contribution in [0, 0.1) is 16.7 Å². The largest absolute Gasteiger partial charge is 0.298 e. The summed E-state index contributed by atoms with van der Waals surface area (Å²) in [6.45, 7) is 3.30. The molecule has 0 bridgehead atoms. The first-order valence-corrected chi connectivity index (χ1v) is 5.97. The molecule has 1 heterocycles. The first-order valence-electron chi connectivity index (χ1n) is 5.18. The zero-order valence-electron chi connectivity index (χ0n) is 8.30. The highest BCUT2D eigenvalue weighted by Gasteiger charge is 2.43. The Morgan fingerprint density at radius 1 is 1.57 bits per heavy atom. The molecular weight excluding hydrogens is 240 g/mol. The van der Waals surface area contributed by atoms with E-state index >= 15 is 0 Å². The maximum absolute atomic E-state index is 8.73. The van der Waals surface area contributed by atoms with E-state index in [-0.39, 0.29) is 0 Å². The van der Waals surface area contributed by atoms with E-state index in [0.717, 1.165) is 32.5 Å². The summed E-state index contributed by atoms with van der Waals surface area (Å²) in [5, 5.41) is 8.73. The molecule has 1 saturated carbocycles. The summed E-state index contributed by atoms with van der Waals surface area (Å²) in [6.07, 6.45) is 6.63. The molecule has 0 saturated heterocycles. The molecular formula is C11H15BrN2. The number of hydrogen-bond donors (Lipinski definition) is 0. The van der Waals surface area contributed by atoms with Gasteiger partial charge in [-0.05, 0) is 24.7 Å². The van der Waals surface area contributed by atoms with Crippen LogP contribution < -0.4 is 0 Å². The molecule has 2 nitrogen and oxygen atoms in total. The Kier molecular flexibility index (Phi) is 2.94. The second-order valence-electron chi connectivity index (χ2n) is 4.49. The molecule has 1 fully saturated rings. The number of halogens is 1. The Bertz CT molecular complexity index is 286. The van der Waals surface area contributed by atoms with Crippen LogP contribution in [0.4, 0.5) is 0 Å². The first-order chi connectivity index (χ1) is 6.74. The highest BCUT2D eigenvalue weighted by molar-refractivity contribution is 9.11. The van der Waals surface area contributed by atoms with Crippen molar-refractivity contribution in [1.82, 2.24) is 4.90 Å². The number of nitrogens with zero attached hydrogens (tertiary/aromatic N) is 2. The molecule has 1 aliphatic heterocycles. The molecule has 1 aliphatic carbocycles. The van der Waals surface area contributed by atoms with Gasteiger partial charge in [-0.2, -0.15) is 5.26 Å². The van der Waals surface area contributed by atoms with E-state index in [1.807, 2.05) is 0 Å². The third-order valence-corrected chi connectivity index (χ3v) is 3.73. The summed E-state index contributed by atoms with van der Waals surface area (Å²) in [4.78, 5) is 2.47. The Balaban J connectivity index is 1.87. The van der Waals surface area contributed by atoms with Gasteiger partial charge in [-0.15, -0.1) is 0 Å². The minimum atomic E-state index is 0.360. The molecule has 2 rings (SSSR count). The number of rotatable bonds is 3. The maximum atomic E-state index is 8.73. The summed E-state index contributed by atoms with van der Waals surface area (Å²) in [6, 6.07) is 2.32. The van der Waals surface area contributed by atoms with Crippen LogP contribution in [0.25, 0.3) is 0 Å². The maximum Gasteiger partial charge on any atom is 0.0628 e. The van der Waals surface area contributed by atoms with Gasteiger partial charge in [0.2, 0.25) is 0 Å². The lowest BCUT2D eigenvalue weighted by atomic mass is 10.0. The van der Waals surface area contributed by atoms with E-state index in [0.29, 0.717) is 5.41 Å². The lowest BCUT2D eigenvalue weighted by Crippen LogP contribution is -2.34. The molecule has 14 heavy (non-hydrogen) atoms. The Labute approximate surface area is 93.7 Å². The molecule has 0 aromatic carbocycles. The van der Waals surface area contributed by atoms with Crippen molar-refractivity contribution >= 4 is 15.9 Å². The smallest absolute Gasteiger partial charge is 0.0628 e. The second kappa shape index (κ2) is 4.04. The van der Waals surface area contributed by atoms with Crippen LogP contribution >= 0.6 is 15.9 Å². The van der Waals surface area contributed by atoms with Gasteiger partial charge >= 0.3 is 0 Å².